The van der Waals surface area contributed by atoms with Crippen molar-refractivity contribution in [3.8, 4) is 5.75 Å². The van der Waals surface area contributed by atoms with Gasteiger partial charge in [-0.2, -0.15) is 0 Å². The van der Waals surface area contributed by atoms with E-state index >= 15 is 0 Å². The van der Waals surface area contributed by atoms with E-state index in [1.54, 1.807) is 13.3 Å². The van der Waals surface area contributed by atoms with Gasteiger partial charge in [-0.05, 0) is 30.7 Å². The lowest BCUT2D eigenvalue weighted by Gasteiger charge is -2.12. The molecule has 0 aliphatic carbocycles. The van der Waals surface area contributed by atoms with E-state index in [1.165, 1.54) is 5.56 Å². The summed E-state index contributed by atoms with van der Waals surface area (Å²) < 4.78 is 5.34. The number of nitrogens with zero attached hydrogens (tertiary/aromatic N) is 1. The Morgan fingerprint density at radius 2 is 2.00 bits per heavy atom. The van der Waals surface area contributed by atoms with E-state index in [2.05, 4.69) is 28.6 Å². The van der Waals surface area contributed by atoms with Crippen LogP contribution < -0.4 is 15.4 Å². The lowest BCUT2D eigenvalue weighted by atomic mass is 10.2. The van der Waals surface area contributed by atoms with Crippen LogP contribution in [0.4, 0.5) is 17.2 Å². The van der Waals surface area contributed by atoms with Gasteiger partial charge >= 0.3 is 0 Å². The second-order valence-electron chi connectivity index (χ2n) is 4.01. The molecule has 0 amide bonds. The quantitative estimate of drug-likeness (QED) is 0.865. The molecule has 0 aliphatic heterocycles. The van der Waals surface area contributed by atoms with Crippen molar-refractivity contribution >= 4 is 17.2 Å². The lowest BCUT2D eigenvalue weighted by molar-refractivity contribution is 0.416. The number of ether oxygens (including phenoxy) is 1. The highest BCUT2D eigenvalue weighted by Gasteiger charge is 2.04. The molecule has 2 aromatic rings. The summed E-state index contributed by atoms with van der Waals surface area (Å²) in [5.41, 5.74) is 3.10. The first-order chi connectivity index (χ1) is 8.72. The molecule has 2 rings (SSSR count). The highest BCUT2D eigenvalue weighted by Crippen LogP contribution is 2.28. The first kappa shape index (κ1) is 12.2. The molecular weight excluding hydrogens is 226 g/mol. The van der Waals surface area contributed by atoms with Crippen LogP contribution in [0.2, 0.25) is 0 Å². The summed E-state index contributed by atoms with van der Waals surface area (Å²) in [7, 11) is 3.51. The maximum atomic E-state index is 5.34. The molecule has 1 heterocycles. The van der Waals surface area contributed by atoms with Crippen molar-refractivity contribution in [2.75, 3.05) is 24.8 Å². The first-order valence-corrected chi connectivity index (χ1v) is 5.78. The largest absolute Gasteiger partial charge is 0.495 e. The molecule has 0 fully saturated rings. The van der Waals surface area contributed by atoms with Gasteiger partial charge in [-0.1, -0.05) is 6.07 Å². The maximum Gasteiger partial charge on any atom is 0.142 e. The summed E-state index contributed by atoms with van der Waals surface area (Å²) >= 11 is 0. The van der Waals surface area contributed by atoms with E-state index in [9.17, 15) is 0 Å². The Morgan fingerprint density at radius 3 is 2.72 bits per heavy atom. The molecule has 0 spiro atoms. The van der Waals surface area contributed by atoms with Crippen LogP contribution in [0, 0.1) is 6.92 Å². The van der Waals surface area contributed by atoms with Gasteiger partial charge in [-0.25, -0.2) is 4.98 Å². The number of nitrogens with one attached hydrogen (secondary N) is 2. The Morgan fingerprint density at radius 1 is 1.17 bits per heavy atom. The number of hydrogen-bond donors (Lipinski definition) is 2. The zero-order valence-corrected chi connectivity index (χ0v) is 10.8. The molecule has 0 aliphatic rings. The van der Waals surface area contributed by atoms with Gasteiger partial charge in [0.05, 0.1) is 12.8 Å². The average molecular weight is 243 g/mol. The van der Waals surface area contributed by atoms with Crippen LogP contribution in [-0.4, -0.2) is 19.1 Å². The average Bonchev–Trinajstić information content (AvgIpc) is 2.39. The fraction of sp³-hybridized carbons (Fsp3) is 0.214. The van der Waals surface area contributed by atoms with Gasteiger partial charge in [0.15, 0.2) is 0 Å². The Balaban J connectivity index is 2.29. The van der Waals surface area contributed by atoms with Crippen LogP contribution in [0.5, 0.6) is 5.75 Å². The minimum Gasteiger partial charge on any atom is -0.495 e. The lowest BCUT2D eigenvalue weighted by Crippen LogP contribution is -1.97. The van der Waals surface area contributed by atoms with E-state index < -0.39 is 0 Å². The van der Waals surface area contributed by atoms with Gasteiger partial charge in [-0.3, -0.25) is 0 Å². The van der Waals surface area contributed by atoms with Crippen molar-refractivity contribution < 1.29 is 4.74 Å². The minimum atomic E-state index is 0.823. The van der Waals surface area contributed by atoms with Crippen molar-refractivity contribution in [2.24, 2.45) is 0 Å². The molecular formula is C14H17N3O. The topological polar surface area (TPSA) is 46.2 Å². The number of aryl methyl sites for hydroxylation is 1. The highest BCUT2D eigenvalue weighted by molar-refractivity contribution is 5.68. The number of pyridine rings is 1. The molecule has 0 saturated heterocycles. The summed E-state index contributed by atoms with van der Waals surface area (Å²) in [6.07, 6.45) is 1.76. The SMILES string of the molecule is CNc1cc(Nc2cc(C)ccc2OC)ccn1. The van der Waals surface area contributed by atoms with E-state index in [1.807, 2.05) is 31.3 Å². The van der Waals surface area contributed by atoms with Gasteiger partial charge in [0, 0.05) is 25.0 Å². The van der Waals surface area contributed by atoms with E-state index in [4.69, 9.17) is 4.74 Å². The molecule has 0 atom stereocenters. The number of hydrogen-bond acceptors (Lipinski definition) is 4. The number of rotatable bonds is 4. The standard InChI is InChI=1S/C14H17N3O/c1-10-4-5-13(18-3)12(8-10)17-11-6-7-16-14(9-11)15-2/h4-9H,1-3H3,(H2,15,16,17). The molecule has 1 aromatic carbocycles. The third kappa shape index (κ3) is 2.71. The van der Waals surface area contributed by atoms with E-state index in [0.29, 0.717) is 0 Å². The molecule has 4 heteroatoms. The van der Waals surface area contributed by atoms with Crippen LogP contribution in [0.1, 0.15) is 5.56 Å². The summed E-state index contributed by atoms with van der Waals surface area (Å²) in [6.45, 7) is 2.05. The fourth-order valence-corrected chi connectivity index (χ4v) is 1.72. The Hall–Kier alpha value is -2.23. The van der Waals surface area contributed by atoms with Gasteiger partial charge < -0.3 is 15.4 Å². The molecule has 4 nitrogen and oxygen atoms in total. The smallest absolute Gasteiger partial charge is 0.142 e. The monoisotopic (exact) mass is 243 g/mol. The van der Waals surface area contributed by atoms with Crippen LogP contribution >= 0.6 is 0 Å². The summed E-state index contributed by atoms with van der Waals surface area (Å²) in [6, 6.07) is 9.90. The predicted octanol–water partition coefficient (Wildman–Crippen LogP) is 3.18. The molecule has 18 heavy (non-hydrogen) atoms. The van der Waals surface area contributed by atoms with Crippen LogP contribution in [0.3, 0.4) is 0 Å². The van der Waals surface area contributed by atoms with Crippen molar-refractivity contribution in [1.82, 2.24) is 4.98 Å². The fourth-order valence-electron chi connectivity index (χ4n) is 1.72. The molecule has 0 radical (unpaired) electrons. The van der Waals surface area contributed by atoms with E-state index in [-0.39, 0.29) is 0 Å². The Bertz CT molecular complexity index is 540. The van der Waals surface area contributed by atoms with Gasteiger partial charge in [0.1, 0.15) is 11.6 Å². The van der Waals surface area contributed by atoms with Crippen LogP contribution in [-0.2, 0) is 0 Å². The number of aromatic nitrogens is 1. The summed E-state index contributed by atoms with van der Waals surface area (Å²) in [5, 5.41) is 6.34. The Labute approximate surface area is 107 Å². The summed E-state index contributed by atoms with van der Waals surface area (Å²) in [5.74, 6) is 1.65. The number of methoxy groups -OCH3 is 1. The molecule has 2 N–H and O–H groups in total. The molecule has 1 aromatic heterocycles. The highest BCUT2D eigenvalue weighted by atomic mass is 16.5. The minimum absolute atomic E-state index is 0.823. The van der Waals surface area contributed by atoms with Crippen molar-refractivity contribution in [2.45, 2.75) is 6.92 Å². The summed E-state index contributed by atoms with van der Waals surface area (Å²) in [4.78, 5) is 4.18. The van der Waals surface area contributed by atoms with Crippen molar-refractivity contribution in [1.29, 1.82) is 0 Å². The number of benzene rings is 1. The zero-order chi connectivity index (χ0) is 13.0. The Kier molecular flexibility index (Phi) is 3.67. The third-order valence-corrected chi connectivity index (χ3v) is 2.65. The van der Waals surface area contributed by atoms with Gasteiger partial charge in [0.25, 0.3) is 0 Å². The van der Waals surface area contributed by atoms with Crippen LogP contribution in [0.15, 0.2) is 36.5 Å². The molecule has 94 valence electrons. The second kappa shape index (κ2) is 5.40. The second-order valence-corrected chi connectivity index (χ2v) is 4.01. The van der Waals surface area contributed by atoms with Gasteiger partial charge in [-0.15, -0.1) is 0 Å². The predicted molar refractivity (Wildman–Crippen MR) is 74.8 cm³/mol. The molecule has 0 saturated carbocycles. The van der Waals surface area contributed by atoms with Crippen LogP contribution in [0.25, 0.3) is 0 Å². The van der Waals surface area contributed by atoms with Crippen molar-refractivity contribution in [3.05, 3.63) is 42.1 Å². The van der Waals surface area contributed by atoms with E-state index in [0.717, 1.165) is 22.9 Å². The number of anilines is 3. The normalized spacial score (nSPS) is 9.94. The third-order valence-electron chi connectivity index (χ3n) is 2.65. The molecule has 0 bridgehead atoms. The zero-order valence-electron chi connectivity index (χ0n) is 10.8. The molecule has 0 unspecified atom stereocenters. The maximum absolute atomic E-state index is 5.34. The van der Waals surface area contributed by atoms with Crippen molar-refractivity contribution in [3.63, 3.8) is 0 Å². The first-order valence-electron chi connectivity index (χ1n) is 5.78. The van der Waals surface area contributed by atoms with Gasteiger partial charge in [0.2, 0.25) is 0 Å².